The minimum atomic E-state index is 0.0126. The van der Waals surface area contributed by atoms with E-state index in [0.29, 0.717) is 23.0 Å². The van der Waals surface area contributed by atoms with E-state index in [1.54, 1.807) is 6.07 Å². The average Bonchev–Trinajstić information content (AvgIpc) is 2.63. The summed E-state index contributed by atoms with van der Waals surface area (Å²) in [6, 6.07) is 21.9. The van der Waals surface area contributed by atoms with Gasteiger partial charge in [0.05, 0.1) is 13.2 Å². The SMILES string of the molecule is OCc1ccc(Oc2cccc(Oc3ccc(CO)cc3)c2)cc1. The molecule has 3 aromatic rings. The van der Waals surface area contributed by atoms with Crippen LogP contribution in [-0.4, -0.2) is 10.2 Å². The van der Waals surface area contributed by atoms with Crippen LogP contribution in [0.4, 0.5) is 0 Å². The summed E-state index contributed by atoms with van der Waals surface area (Å²) in [6.45, 7) is 0.0252. The van der Waals surface area contributed by atoms with Crippen LogP contribution >= 0.6 is 0 Å². The van der Waals surface area contributed by atoms with Crippen LogP contribution in [-0.2, 0) is 13.2 Å². The van der Waals surface area contributed by atoms with Gasteiger partial charge in [-0.05, 0) is 47.5 Å². The normalized spacial score (nSPS) is 10.4. The van der Waals surface area contributed by atoms with Gasteiger partial charge in [-0.15, -0.1) is 0 Å². The van der Waals surface area contributed by atoms with Gasteiger partial charge in [-0.2, -0.15) is 0 Å². The maximum atomic E-state index is 9.06. The zero-order valence-corrected chi connectivity index (χ0v) is 13.1. The molecule has 2 N–H and O–H groups in total. The first-order valence-corrected chi connectivity index (χ1v) is 7.62. The Balaban J connectivity index is 1.70. The summed E-state index contributed by atoms with van der Waals surface area (Å²) in [7, 11) is 0. The summed E-state index contributed by atoms with van der Waals surface area (Å²) >= 11 is 0. The van der Waals surface area contributed by atoms with Crippen LogP contribution < -0.4 is 9.47 Å². The fraction of sp³-hybridized carbons (Fsp3) is 0.100. The zero-order valence-electron chi connectivity index (χ0n) is 13.1. The van der Waals surface area contributed by atoms with Crippen molar-refractivity contribution < 1.29 is 19.7 Å². The highest BCUT2D eigenvalue weighted by Crippen LogP contribution is 2.28. The van der Waals surface area contributed by atoms with Crippen molar-refractivity contribution in [2.75, 3.05) is 0 Å². The lowest BCUT2D eigenvalue weighted by Gasteiger charge is -2.10. The molecule has 3 rings (SSSR count). The molecule has 4 nitrogen and oxygen atoms in total. The van der Waals surface area contributed by atoms with E-state index in [0.717, 1.165) is 11.1 Å². The third-order valence-corrected chi connectivity index (χ3v) is 3.49. The van der Waals surface area contributed by atoms with E-state index in [1.807, 2.05) is 66.7 Å². The highest BCUT2D eigenvalue weighted by atomic mass is 16.5. The standard InChI is InChI=1S/C20H18O4/c21-13-15-4-8-17(9-5-15)23-19-2-1-3-20(12-19)24-18-10-6-16(14-22)7-11-18/h1-12,21-22H,13-14H2. The summed E-state index contributed by atoms with van der Waals surface area (Å²) in [5, 5.41) is 18.1. The monoisotopic (exact) mass is 322 g/mol. The molecule has 0 saturated heterocycles. The molecule has 24 heavy (non-hydrogen) atoms. The number of ether oxygens (including phenoxy) is 2. The molecule has 0 amide bonds. The number of hydrogen-bond acceptors (Lipinski definition) is 4. The Hall–Kier alpha value is -2.82. The van der Waals surface area contributed by atoms with Gasteiger partial charge < -0.3 is 19.7 Å². The van der Waals surface area contributed by atoms with E-state index in [9.17, 15) is 0 Å². The van der Waals surface area contributed by atoms with Crippen LogP contribution in [0.2, 0.25) is 0 Å². The molecule has 0 aromatic heterocycles. The van der Waals surface area contributed by atoms with Crippen molar-refractivity contribution in [2.45, 2.75) is 13.2 Å². The quantitative estimate of drug-likeness (QED) is 0.712. The lowest BCUT2D eigenvalue weighted by atomic mass is 10.2. The molecule has 0 aliphatic heterocycles. The molecule has 4 heteroatoms. The van der Waals surface area contributed by atoms with Crippen molar-refractivity contribution >= 4 is 0 Å². The maximum Gasteiger partial charge on any atom is 0.131 e. The first-order valence-electron chi connectivity index (χ1n) is 7.62. The molecule has 0 atom stereocenters. The number of aliphatic hydroxyl groups is 2. The van der Waals surface area contributed by atoms with Crippen LogP contribution in [0, 0.1) is 0 Å². The van der Waals surface area contributed by atoms with E-state index >= 15 is 0 Å². The Morgan fingerprint density at radius 1 is 0.542 bits per heavy atom. The van der Waals surface area contributed by atoms with E-state index in [2.05, 4.69) is 0 Å². The van der Waals surface area contributed by atoms with Gasteiger partial charge in [0, 0.05) is 6.07 Å². The van der Waals surface area contributed by atoms with Crippen molar-refractivity contribution in [1.29, 1.82) is 0 Å². The molecule has 0 fully saturated rings. The third kappa shape index (κ3) is 4.13. The Morgan fingerprint density at radius 3 is 1.33 bits per heavy atom. The number of aliphatic hydroxyl groups excluding tert-OH is 2. The summed E-state index contributed by atoms with van der Waals surface area (Å²) in [4.78, 5) is 0. The van der Waals surface area contributed by atoms with Crippen molar-refractivity contribution in [3.63, 3.8) is 0 Å². The topological polar surface area (TPSA) is 58.9 Å². The highest BCUT2D eigenvalue weighted by molar-refractivity contribution is 5.40. The van der Waals surface area contributed by atoms with Crippen LogP contribution in [0.15, 0.2) is 72.8 Å². The Bertz CT molecular complexity index is 715. The second kappa shape index (κ2) is 7.64. The molecule has 0 saturated carbocycles. The van der Waals surface area contributed by atoms with Gasteiger partial charge in [0.25, 0.3) is 0 Å². The molecule has 0 aliphatic rings. The van der Waals surface area contributed by atoms with Crippen molar-refractivity contribution in [2.24, 2.45) is 0 Å². The minimum absolute atomic E-state index is 0.0126. The largest absolute Gasteiger partial charge is 0.457 e. The molecule has 122 valence electrons. The lowest BCUT2D eigenvalue weighted by molar-refractivity contribution is 0.281. The first-order chi connectivity index (χ1) is 11.8. The fourth-order valence-corrected chi connectivity index (χ4v) is 2.20. The number of rotatable bonds is 6. The number of hydrogen-bond donors (Lipinski definition) is 2. The van der Waals surface area contributed by atoms with Gasteiger partial charge >= 0.3 is 0 Å². The Morgan fingerprint density at radius 2 is 0.958 bits per heavy atom. The maximum absolute atomic E-state index is 9.06. The van der Waals surface area contributed by atoms with Crippen LogP contribution in [0.25, 0.3) is 0 Å². The lowest BCUT2D eigenvalue weighted by Crippen LogP contribution is -1.89. The summed E-state index contributed by atoms with van der Waals surface area (Å²) < 4.78 is 11.6. The molecule has 0 heterocycles. The van der Waals surface area contributed by atoms with Crippen LogP contribution in [0.5, 0.6) is 23.0 Å². The molecule has 0 spiro atoms. The average molecular weight is 322 g/mol. The molecule has 3 aromatic carbocycles. The van der Waals surface area contributed by atoms with E-state index in [1.165, 1.54) is 0 Å². The Labute approximate surface area is 140 Å². The minimum Gasteiger partial charge on any atom is -0.457 e. The third-order valence-electron chi connectivity index (χ3n) is 3.49. The predicted molar refractivity (Wildman–Crippen MR) is 91.3 cm³/mol. The number of benzene rings is 3. The summed E-state index contributed by atoms with van der Waals surface area (Å²) in [5.74, 6) is 2.71. The second-order valence-corrected chi connectivity index (χ2v) is 5.28. The molecular formula is C20H18O4. The van der Waals surface area contributed by atoms with E-state index in [-0.39, 0.29) is 13.2 Å². The summed E-state index contributed by atoms with van der Waals surface area (Å²) in [5.41, 5.74) is 1.68. The van der Waals surface area contributed by atoms with E-state index < -0.39 is 0 Å². The predicted octanol–water partition coefficient (Wildman–Crippen LogP) is 4.26. The van der Waals surface area contributed by atoms with Gasteiger partial charge in [0.2, 0.25) is 0 Å². The zero-order chi connectivity index (χ0) is 16.8. The van der Waals surface area contributed by atoms with Gasteiger partial charge in [-0.1, -0.05) is 30.3 Å². The van der Waals surface area contributed by atoms with Gasteiger partial charge in [-0.3, -0.25) is 0 Å². The van der Waals surface area contributed by atoms with Gasteiger partial charge in [0.15, 0.2) is 0 Å². The Kier molecular flexibility index (Phi) is 5.11. The summed E-state index contributed by atoms with van der Waals surface area (Å²) in [6.07, 6.45) is 0. The fourth-order valence-electron chi connectivity index (χ4n) is 2.20. The molecule has 0 unspecified atom stereocenters. The van der Waals surface area contributed by atoms with Gasteiger partial charge in [0.1, 0.15) is 23.0 Å². The molecular weight excluding hydrogens is 304 g/mol. The van der Waals surface area contributed by atoms with Crippen LogP contribution in [0.1, 0.15) is 11.1 Å². The van der Waals surface area contributed by atoms with Gasteiger partial charge in [-0.25, -0.2) is 0 Å². The van der Waals surface area contributed by atoms with Crippen LogP contribution in [0.3, 0.4) is 0 Å². The van der Waals surface area contributed by atoms with E-state index in [4.69, 9.17) is 19.7 Å². The molecule has 0 bridgehead atoms. The molecule has 0 radical (unpaired) electrons. The second-order valence-electron chi connectivity index (χ2n) is 5.28. The van der Waals surface area contributed by atoms with Crippen molar-refractivity contribution in [3.8, 4) is 23.0 Å². The first kappa shape index (κ1) is 16.1. The van der Waals surface area contributed by atoms with Crippen molar-refractivity contribution in [3.05, 3.63) is 83.9 Å². The molecule has 0 aliphatic carbocycles. The van der Waals surface area contributed by atoms with Crippen molar-refractivity contribution in [1.82, 2.24) is 0 Å². The smallest absolute Gasteiger partial charge is 0.131 e. The highest BCUT2D eigenvalue weighted by Gasteiger charge is 2.02.